The highest BCUT2D eigenvalue weighted by Crippen LogP contribution is 2.12. The van der Waals surface area contributed by atoms with Crippen molar-refractivity contribution in [2.45, 2.75) is 59.4 Å². The lowest BCUT2D eigenvalue weighted by atomic mass is 10.0. The van der Waals surface area contributed by atoms with E-state index < -0.39 is 0 Å². The predicted molar refractivity (Wildman–Crippen MR) is 73.8 cm³/mol. The van der Waals surface area contributed by atoms with Crippen LogP contribution in [0.25, 0.3) is 0 Å². The molecular formula is C13H29NS. The standard InChI is InChI=1S/C13H29NS/c1-5-10-14-13(11-15-6-2)9-7-8-12(3)4/h12-14H,5-11H2,1-4H3. The van der Waals surface area contributed by atoms with Crippen LogP contribution in [0.5, 0.6) is 0 Å². The summed E-state index contributed by atoms with van der Waals surface area (Å²) in [5.41, 5.74) is 0. The molecule has 0 aromatic carbocycles. The fourth-order valence-electron chi connectivity index (χ4n) is 1.63. The summed E-state index contributed by atoms with van der Waals surface area (Å²) in [6, 6.07) is 0.744. The van der Waals surface area contributed by atoms with E-state index in [1.807, 2.05) is 0 Å². The topological polar surface area (TPSA) is 12.0 Å². The molecule has 1 unspecified atom stereocenters. The van der Waals surface area contributed by atoms with Crippen LogP contribution >= 0.6 is 11.8 Å². The molecule has 0 bridgehead atoms. The average Bonchev–Trinajstić information content (AvgIpc) is 2.20. The van der Waals surface area contributed by atoms with Gasteiger partial charge in [0, 0.05) is 11.8 Å². The molecule has 0 aliphatic carbocycles. The van der Waals surface area contributed by atoms with Crippen molar-refractivity contribution < 1.29 is 0 Å². The van der Waals surface area contributed by atoms with Crippen molar-refractivity contribution in [3.63, 3.8) is 0 Å². The Morgan fingerprint density at radius 3 is 2.40 bits per heavy atom. The van der Waals surface area contributed by atoms with E-state index in [-0.39, 0.29) is 0 Å². The van der Waals surface area contributed by atoms with Crippen molar-refractivity contribution in [3.05, 3.63) is 0 Å². The second kappa shape index (κ2) is 10.8. The number of rotatable bonds is 10. The third kappa shape index (κ3) is 10.6. The van der Waals surface area contributed by atoms with Gasteiger partial charge in [-0.05, 0) is 31.1 Å². The summed E-state index contributed by atoms with van der Waals surface area (Å²) in [5, 5.41) is 3.66. The third-order valence-corrected chi connectivity index (χ3v) is 3.59. The first-order valence-electron chi connectivity index (χ1n) is 6.51. The largest absolute Gasteiger partial charge is 0.313 e. The Morgan fingerprint density at radius 1 is 1.13 bits per heavy atom. The number of hydrogen-bond acceptors (Lipinski definition) is 2. The molecule has 0 fully saturated rings. The second-order valence-electron chi connectivity index (χ2n) is 4.64. The number of nitrogens with one attached hydrogen (secondary N) is 1. The maximum atomic E-state index is 3.66. The summed E-state index contributed by atoms with van der Waals surface area (Å²) in [4.78, 5) is 0. The Balaban J connectivity index is 3.58. The highest BCUT2D eigenvalue weighted by molar-refractivity contribution is 7.99. The van der Waals surface area contributed by atoms with Gasteiger partial charge in [0.1, 0.15) is 0 Å². The van der Waals surface area contributed by atoms with Gasteiger partial charge in [-0.15, -0.1) is 0 Å². The van der Waals surface area contributed by atoms with E-state index in [0.29, 0.717) is 0 Å². The minimum atomic E-state index is 0.744. The molecule has 0 rings (SSSR count). The third-order valence-electron chi connectivity index (χ3n) is 2.54. The average molecular weight is 231 g/mol. The van der Waals surface area contributed by atoms with E-state index in [9.17, 15) is 0 Å². The second-order valence-corrected chi connectivity index (χ2v) is 5.95. The molecule has 0 saturated heterocycles. The molecule has 1 nitrogen and oxygen atoms in total. The zero-order valence-corrected chi connectivity index (χ0v) is 11.8. The molecule has 15 heavy (non-hydrogen) atoms. The Labute approximate surface area is 101 Å². The fourth-order valence-corrected chi connectivity index (χ4v) is 2.43. The molecule has 0 heterocycles. The van der Waals surface area contributed by atoms with Gasteiger partial charge >= 0.3 is 0 Å². The summed E-state index contributed by atoms with van der Waals surface area (Å²) in [6.07, 6.45) is 5.35. The summed E-state index contributed by atoms with van der Waals surface area (Å²) in [5.74, 6) is 3.39. The van der Waals surface area contributed by atoms with E-state index in [0.717, 1.165) is 12.0 Å². The smallest absolute Gasteiger partial charge is 0.0158 e. The number of hydrogen-bond donors (Lipinski definition) is 1. The monoisotopic (exact) mass is 231 g/mol. The molecule has 2 heteroatoms. The van der Waals surface area contributed by atoms with Crippen LogP contribution in [0, 0.1) is 5.92 Å². The quantitative estimate of drug-likeness (QED) is 0.611. The van der Waals surface area contributed by atoms with E-state index in [1.165, 1.54) is 43.7 Å². The maximum Gasteiger partial charge on any atom is 0.0158 e. The van der Waals surface area contributed by atoms with E-state index in [2.05, 4.69) is 44.8 Å². The van der Waals surface area contributed by atoms with Crippen LogP contribution < -0.4 is 5.32 Å². The van der Waals surface area contributed by atoms with Crippen molar-refractivity contribution in [3.8, 4) is 0 Å². The lowest BCUT2D eigenvalue weighted by Crippen LogP contribution is -2.32. The molecule has 1 N–H and O–H groups in total. The molecule has 0 aromatic heterocycles. The minimum Gasteiger partial charge on any atom is -0.313 e. The minimum absolute atomic E-state index is 0.744. The first kappa shape index (κ1) is 15.3. The highest BCUT2D eigenvalue weighted by Gasteiger charge is 2.07. The van der Waals surface area contributed by atoms with Gasteiger partial charge in [-0.2, -0.15) is 11.8 Å². The van der Waals surface area contributed by atoms with Gasteiger partial charge in [0.25, 0.3) is 0 Å². The summed E-state index contributed by atoms with van der Waals surface area (Å²) in [6.45, 7) is 10.3. The van der Waals surface area contributed by atoms with Crippen LogP contribution in [0.3, 0.4) is 0 Å². The Bertz CT molecular complexity index is 118. The van der Waals surface area contributed by atoms with Gasteiger partial charge in [0.15, 0.2) is 0 Å². The van der Waals surface area contributed by atoms with Gasteiger partial charge in [-0.25, -0.2) is 0 Å². The van der Waals surface area contributed by atoms with Crippen molar-refractivity contribution in [2.24, 2.45) is 5.92 Å². The summed E-state index contributed by atoms with van der Waals surface area (Å²) in [7, 11) is 0. The molecule has 0 aromatic rings. The first-order chi connectivity index (χ1) is 7.20. The van der Waals surface area contributed by atoms with Gasteiger partial charge in [0.2, 0.25) is 0 Å². The molecule has 0 aliphatic rings. The summed E-state index contributed by atoms with van der Waals surface area (Å²) >= 11 is 2.06. The first-order valence-corrected chi connectivity index (χ1v) is 7.67. The van der Waals surface area contributed by atoms with Crippen LogP contribution in [0.4, 0.5) is 0 Å². The van der Waals surface area contributed by atoms with Gasteiger partial charge in [-0.1, -0.05) is 40.5 Å². The predicted octanol–water partition coefficient (Wildman–Crippen LogP) is 3.93. The molecule has 0 radical (unpaired) electrons. The van der Waals surface area contributed by atoms with Crippen molar-refractivity contribution >= 4 is 11.8 Å². The SMILES string of the molecule is CCCNC(CCCC(C)C)CSCC. The normalized spacial score (nSPS) is 13.4. The van der Waals surface area contributed by atoms with Gasteiger partial charge in [-0.3, -0.25) is 0 Å². The lowest BCUT2D eigenvalue weighted by molar-refractivity contribution is 0.462. The van der Waals surface area contributed by atoms with E-state index >= 15 is 0 Å². The molecular weight excluding hydrogens is 202 g/mol. The number of thioether (sulfide) groups is 1. The molecule has 0 spiro atoms. The van der Waals surface area contributed by atoms with Crippen LogP contribution in [-0.2, 0) is 0 Å². The molecule has 0 amide bonds. The lowest BCUT2D eigenvalue weighted by Gasteiger charge is -2.18. The Hall–Kier alpha value is 0.310. The van der Waals surface area contributed by atoms with Crippen molar-refractivity contribution in [1.82, 2.24) is 5.32 Å². The van der Waals surface area contributed by atoms with Gasteiger partial charge < -0.3 is 5.32 Å². The van der Waals surface area contributed by atoms with Crippen LogP contribution in [0.15, 0.2) is 0 Å². The van der Waals surface area contributed by atoms with Gasteiger partial charge in [0.05, 0.1) is 0 Å². The highest BCUT2D eigenvalue weighted by atomic mass is 32.2. The van der Waals surface area contributed by atoms with Crippen LogP contribution in [0.1, 0.15) is 53.4 Å². The molecule has 0 aliphatic heterocycles. The Morgan fingerprint density at radius 2 is 1.87 bits per heavy atom. The van der Waals surface area contributed by atoms with Crippen molar-refractivity contribution in [2.75, 3.05) is 18.1 Å². The fraction of sp³-hybridized carbons (Fsp3) is 1.00. The molecule has 92 valence electrons. The summed E-state index contributed by atoms with van der Waals surface area (Å²) < 4.78 is 0. The Kier molecular flexibility index (Phi) is 11.0. The van der Waals surface area contributed by atoms with E-state index in [4.69, 9.17) is 0 Å². The van der Waals surface area contributed by atoms with Crippen LogP contribution in [-0.4, -0.2) is 24.1 Å². The molecule has 1 atom stereocenters. The zero-order valence-electron chi connectivity index (χ0n) is 11.0. The van der Waals surface area contributed by atoms with E-state index in [1.54, 1.807) is 0 Å². The van der Waals surface area contributed by atoms with Crippen molar-refractivity contribution in [1.29, 1.82) is 0 Å². The molecule has 0 saturated carbocycles. The van der Waals surface area contributed by atoms with Crippen LogP contribution in [0.2, 0.25) is 0 Å². The zero-order chi connectivity index (χ0) is 11.5. The maximum absolute atomic E-state index is 3.66.